The van der Waals surface area contributed by atoms with Crippen LogP contribution in [-0.4, -0.2) is 33.6 Å². The van der Waals surface area contributed by atoms with Gasteiger partial charge in [-0.05, 0) is 24.3 Å². The second kappa shape index (κ2) is 15.6. The van der Waals surface area contributed by atoms with E-state index in [4.69, 9.17) is 0 Å². The number of nitrogens with one attached hydrogen (secondary N) is 4. The van der Waals surface area contributed by atoms with Gasteiger partial charge in [-0.2, -0.15) is 24.3 Å². The third-order valence-electron chi connectivity index (χ3n) is 5.01. The second-order valence-corrected chi connectivity index (χ2v) is 7.87. The van der Waals surface area contributed by atoms with Crippen molar-refractivity contribution in [3.05, 3.63) is 96.1 Å². The van der Waals surface area contributed by atoms with Crippen LogP contribution in [0.15, 0.2) is 84.9 Å². The summed E-state index contributed by atoms with van der Waals surface area (Å²) in [5.74, 6) is 0.964. The zero-order valence-electron chi connectivity index (χ0n) is 21.4. The molecular weight excluding hydrogens is 540 g/mol. The van der Waals surface area contributed by atoms with Crippen LogP contribution in [0, 0.1) is 0 Å². The van der Waals surface area contributed by atoms with Gasteiger partial charge in [0.15, 0.2) is 0 Å². The Morgan fingerprint density at radius 1 is 0.564 bits per heavy atom. The molecule has 0 fully saturated rings. The van der Waals surface area contributed by atoms with E-state index in [1.54, 1.807) is 98.8 Å². The van der Waals surface area contributed by atoms with Crippen molar-refractivity contribution in [3.8, 4) is 0 Å². The first-order valence-electron chi connectivity index (χ1n) is 12.0. The topological polar surface area (TPSA) is 142 Å². The van der Waals surface area contributed by atoms with E-state index in [0.29, 0.717) is 47.2 Å². The van der Waals surface area contributed by atoms with Crippen molar-refractivity contribution >= 4 is 46.9 Å². The summed E-state index contributed by atoms with van der Waals surface area (Å²) in [7, 11) is 0. The van der Waals surface area contributed by atoms with E-state index < -0.39 is 0 Å². The van der Waals surface area contributed by atoms with E-state index in [-0.39, 0.29) is 40.7 Å². The van der Waals surface area contributed by atoms with Gasteiger partial charge in [0.2, 0.25) is 23.6 Å². The van der Waals surface area contributed by atoms with Gasteiger partial charge in [0.1, 0.15) is 23.3 Å². The van der Waals surface area contributed by atoms with Gasteiger partial charge in [-0.25, -0.2) is 34.2 Å². The van der Waals surface area contributed by atoms with Crippen LogP contribution in [0.5, 0.6) is 0 Å². The Bertz CT molecular complexity index is 1260. The number of hydrogen-bond acceptors (Lipinski definition) is 6. The minimum absolute atomic E-state index is 0. The molecule has 204 valence electrons. The normalized spacial score (nSPS) is 9.69. The number of carbonyl (C=O) groups excluding carboxylic acids is 4. The number of carbonyl (C=O) groups is 4. The molecule has 0 radical (unpaired) electrons. The Morgan fingerprint density at radius 3 is 1.18 bits per heavy atom. The molecule has 4 amide bonds. The molecule has 0 unspecified atom stereocenters. The molecule has 39 heavy (non-hydrogen) atoms. The summed E-state index contributed by atoms with van der Waals surface area (Å²) in [5.41, 5.74) is 1.15. The molecule has 2 aromatic heterocycles. The minimum atomic E-state index is -0.225. The maximum atomic E-state index is 11.8. The Labute approximate surface area is 236 Å². The van der Waals surface area contributed by atoms with Gasteiger partial charge in [0.05, 0.1) is 0 Å². The molecule has 0 bridgehead atoms. The van der Waals surface area contributed by atoms with Crippen molar-refractivity contribution in [2.75, 3.05) is 21.3 Å². The van der Waals surface area contributed by atoms with Crippen molar-refractivity contribution in [2.24, 2.45) is 0 Å². The van der Waals surface area contributed by atoms with Crippen molar-refractivity contribution in [3.63, 3.8) is 0 Å². The van der Waals surface area contributed by atoms with E-state index >= 15 is 0 Å². The molecule has 0 aliphatic heterocycles. The SMILES string of the molecule is CCC(=O)Nc1cccc(NC(=O)[c-]2cccc2)n1.CCC(=O)Nc1cccc(NC(=O)[c-]2cccc2)n1.[Fe]. The zero-order valence-corrected chi connectivity index (χ0v) is 22.5. The van der Waals surface area contributed by atoms with E-state index in [1.807, 2.05) is 0 Å². The fourth-order valence-corrected chi connectivity index (χ4v) is 3.04. The maximum absolute atomic E-state index is 11.8. The molecule has 0 atom stereocenters. The standard InChI is InChI=1S/2C14H14N3O2.Fe/c2*1-2-13(18)16-11-8-5-9-12(15-11)17-14(19)10-6-3-4-7-10;/h2*3-9H,2H2,1H3,(H2,15,16,17,18,19);/q2*-1;. The summed E-state index contributed by atoms with van der Waals surface area (Å²) in [6, 6.07) is 24.2. The summed E-state index contributed by atoms with van der Waals surface area (Å²) in [6.45, 7) is 3.52. The third-order valence-corrected chi connectivity index (χ3v) is 5.01. The van der Waals surface area contributed by atoms with Gasteiger partial charge in [0.25, 0.3) is 0 Å². The third kappa shape index (κ3) is 9.99. The molecule has 10 nitrogen and oxygen atoms in total. The van der Waals surface area contributed by atoms with Crippen LogP contribution in [0.3, 0.4) is 0 Å². The second-order valence-electron chi connectivity index (χ2n) is 7.87. The van der Waals surface area contributed by atoms with E-state index in [1.165, 1.54) is 0 Å². The number of pyridine rings is 2. The fourth-order valence-electron chi connectivity index (χ4n) is 3.04. The zero-order chi connectivity index (χ0) is 27.3. The predicted octanol–water partition coefficient (Wildman–Crippen LogP) is 4.80. The number of hydrogen-bond donors (Lipinski definition) is 4. The van der Waals surface area contributed by atoms with Crippen molar-refractivity contribution in [2.45, 2.75) is 26.7 Å². The number of rotatable bonds is 8. The molecule has 2 heterocycles. The summed E-state index contributed by atoms with van der Waals surface area (Å²) in [5, 5.41) is 10.6. The Balaban J connectivity index is 0.000000267. The molecule has 0 spiro atoms. The van der Waals surface area contributed by atoms with Gasteiger partial charge < -0.3 is 21.3 Å². The maximum Gasteiger partial charge on any atom is 0.225 e. The number of amides is 4. The molecule has 4 rings (SSSR count). The first-order chi connectivity index (χ1) is 18.4. The summed E-state index contributed by atoms with van der Waals surface area (Å²) < 4.78 is 0. The average molecular weight is 568 g/mol. The van der Waals surface area contributed by atoms with Gasteiger partial charge in [-0.15, -0.1) is 0 Å². The molecule has 0 saturated heterocycles. The number of nitrogens with zero attached hydrogens (tertiary/aromatic N) is 2. The number of anilines is 4. The van der Waals surface area contributed by atoms with Crippen molar-refractivity contribution in [1.29, 1.82) is 0 Å². The predicted molar refractivity (Wildman–Crippen MR) is 146 cm³/mol. The molecular formula is C28H28FeN6O4-2. The van der Waals surface area contributed by atoms with Crippen LogP contribution in [0.4, 0.5) is 23.3 Å². The molecule has 0 aliphatic carbocycles. The largest absolute Gasteiger partial charge is 0.317 e. The van der Waals surface area contributed by atoms with Gasteiger partial charge in [0, 0.05) is 29.9 Å². The van der Waals surface area contributed by atoms with E-state index in [2.05, 4.69) is 31.2 Å². The Morgan fingerprint density at radius 2 is 0.872 bits per heavy atom. The van der Waals surface area contributed by atoms with Crippen LogP contribution in [-0.2, 0) is 26.7 Å². The van der Waals surface area contributed by atoms with Crippen molar-refractivity contribution in [1.82, 2.24) is 9.97 Å². The molecule has 4 aromatic rings. The molecule has 2 aromatic carbocycles. The van der Waals surface area contributed by atoms with E-state index in [0.717, 1.165) is 0 Å². The molecule has 11 heteroatoms. The van der Waals surface area contributed by atoms with Crippen LogP contribution < -0.4 is 21.3 Å². The van der Waals surface area contributed by atoms with Crippen LogP contribution >= 0.6 is 0 Å². The minimum Gasteiger partial charge on any atom is -0.317 e. The first-order valence-corrected chi connectivity index (χ1v) is 12.0. The Hall–Kier alpha value is -4.60. The van der Waals surface area contributed by atoms with Crippen LogP contribution in [0.25, 0.3) is 0 Å². The quantitative estimate of drug-likeness (QED) is 0.178. The molecule has 0 saturated carbocycles. The summed E-state index contributed by atoms with van der Waals surface area (Å²) in [4.78, 5) is 54.5. The van der Waals surface area contributed by atoms with E-state index in [9.17, 15) is 19.2 Å². The monoisotopic (exact) mass is 568 g/mol. The average Bonchev–Trinajstić information content (AvgIpc) is 3.64. The number of aromatic nitrogens is 2. The van der Waals surface area contributed by atoms with Crippen molar-refractivity contribution < 1.29 is 36.2 Å². The van der Waals surface area contributed by atoms with Crippen LogP contribution in [0.1, 0.15) is 47.4 Å². The first kappa shape index (κ1) is 30.6. The Kier molecular flexibility index (Phi) is 12.3. The van der Waals surface area contributed by atoms with Gasteiger partial charge >= 0.3 is 0 Å². The molecule has 4 N–H and O–H groups in total. The van der Waals surface area contributed by atoms with Gasteiger partial charge in [-0.1, -0.05) is 37.1 Å². The smallest absolute Gasteiger partial charge is 0.225 e. The van der Waals surface area contributed by atoms with Crippen LogP contribution in [0.2, 0.25) is 0 Å². The van der Waals surface area contributed by atoms with Gasteiger partial charge in [-0.3, -0.25) is 19.2 Å². The summed E-state index contributed by atoms with van der Waals surface area (Å²) >= 11 is 0. The summed E-state index contributed by atoms with van der Waals surface area (Å²) in [6.07, 6.45) is 0.761. The fraction of sp³-hybridized carbons (Fsp3) is 0.143. The molecule has 0 aliphatic rings.